The molecule has 1 N–H and O–H groups in total. The van der Waals surface area contributed by atoms with E-state index in [4.69, 9.17) is 4.74 Å². The largest absolute Gasteiger partial charge is 0.494 e. The van der Waals surface area contributed by atoms with Crippen molar-refractivity contribution in [3.05, 3.63) is 77.9 Å². The van der Waals surface area contributed by atoms with Gasteiger partial charge in [-0.3, -0.25) is 14.5 Å². The number of hydrogen-bond acceptors (Lipinski definition) is 4. The normalized spacial score (nSPS) is 11.8. The van der Waals surface area contributed by atoms with Gasteiger partial charge < -0.3 is 10.1 Å². The Morgan fingerprint density at radius 1 is 1.28 bits per heavy atom. The Morgan fingerprint density at radius 3 is 2.76 bits per heavy atom. The molecule has 0 radical (unpaired) electrons. The molecule has 0 spiro atoms. The summed E-state index contributed by atoms with van der Waals surface area (Å²) in [6.45, 7) is 2.38. The summed E-state index contributed by atoms with van der Waals surface area (Å²) >= 11 is 0. The maximum atomic E-state index is 12.8. The van der Waals surface area contributed by atoms with Gasteiger partial charge in [-0.2, -0.15) is 5.10 Å². The molecule has 2 aromatic heterocycles. The number of methoxy groups -OCH3 is 1. The lowest BCUT2D eigenvalue weighted by atomic mass is 10.1. The van der Waals surface area contributed by atoms with E-state index >= 15 is 0 Å². The van der Waals surface area contributed by atoms with Crippen molar-refractivity contribution >= 4 is 5.91 Å². The molecular formula is C19H20N4O2. The van der Waals surface area contributed by atoms with E-state index in [0.717, 1.165) is 11.3 Å². The molecule has 0 aliphatic heterocycles. The van der Waals surface area contributed by atoms with Gasteiger partial charge in [0.2, 0.25) is 0 Å². The number of carbonyl (C=O) groups is 1. The lowest BCUT2D eigenvalue weighted by Gasteiger charge is -2.20. The maximum absolute atomic E-state index is 12.8. The summed E-state index contributed by atoms with van der Waals surface area (Å²) in [7, 11) is 1.53. The number of benzene rings is 1. The van der Waals surface area contributed by atoms with Gasteiger partial charge in [0.05, 0.1) is 31.5 Å². The molecule has 2 heterocycles. The van der Waals surface area contributed by atoms with Gasteiger partial charge in [0.1, 0.15) is 5.75 Å². The first-order chi connectivity index (χ1) is 12.2. The van der Waals surface area contributed by atoms with Crippen LogP contribution in [0.2, 0.25) is 0 Å². The number of nitrogens with zero attached hydrogens (tertiary/aromatic N) is 3. The van der Waals surface area contributed by atoms with E-state index in [9.17, 15) is 4.79 Å². The smallest absolute Gasteiger partial charge is 0.255 e. The fraction of sp³-hybridized carbons (Fsp3) is 0.211. The van der Waals surface area contributed by atoms with Gasteiger partial charge in [-0.05, 0) is 24.6 Å². The van der Waals surface area contributed by atoms with Gasteiger partial charge in [-0.25, -0.2) is 0 Å². The zero-order valence-corrected chi connectivity index (χ0v) is 14.2. The molecular weight excluding hydrogens is 316 g/mol. The average molecular weight is 336 g/mol. The van der Waals surface area contributed by atoms with Crippen molar-refractivity contribution in [3.63, 3.8) is 0 Å². The number of carbonyl (C=O) groups excluding carboxylic acids is 1. The Bertz CT molecular complexity index is 832. The number of ether oxygens (including phenoxy) is 1. The van der Waals surface area contributed by atoms with Crippen LogP contribution in [0.25, 0.3) is 0 Å². The number of aryl methyl sites for hydroxylation is 1. The zero-order chi connectivity index (χ0) is 17.6. The molecule has 1 aromatic carbocycles. The highest BCUT2D eigenvalue weighted by atomic mass is 16.5. The van der Waals surface area contributed by atoms with E-state index in [1.165, 1.54) is 7.11 Å². The van der Waals surface area contributed by atoms with E-state index < -0.39 is 0 Å². The van der Waals surface area contributed by atoms with Crippen LogP contribution in [0.5, 0.6) is 5.75 Å². The third-order valence-electron chi connectivity index (χ3n) is 3.90. The molecule has 6 nitrogen and oxygen atoms in total. The Hall–Kier alpha value is -3.15. The van der Waals surface area contributed by atoms with Crippen LogP contribution in [0.3, 0.4) is 0 Å². The highest BCUT2D eigenvalue weighted by molar-refractivity contribution is 5.97. The first-order valence-corrected chi connectivity index (χ1v) is 8.01. The minimum absolute atomic E-state index is 0.205. The summed E-state index contributed by atoms with van der Waals surface area (Å²) in [5.41, 5.74) is 2.24. The standard InChI is InChI=1S/C19H20N4O2/c1-14-11-16(18(25-2)12-20-14)19(24)22-17(13-23-10-6-9-21-23)15-7-4-3-5-8-15/h3-12,17H,13H2,1-2H3,(H,22,24). The number of nitrogens with one attached hydrogen (secondary N) is 1. The molecule has 128 valence electrons. The summed E-state index contributed by atoms with van der Waals surface area (Å²) in [4.78, 5) is 17.0. The minimum atomic E-state index is -0.216. The summed E-state index contributed by atoms with van der Waals surface area (Å²) < 4.78 is 7.07. The van der Waals surface area contributed by atoms with Crippen LogP contribution < -0.4 is 10.1 Å². The second kappa shape index (κ2) is 7.61. The molecule has 0 bridgehead atoms. The molecule has 0 aliphatic rings. The van der Waals surface area contributed by atoms with Crippen LogP contribution in [-0.4, -0.2) is 27.8 Å². The molecule has 1 amide bonds. The molecule has 0 saturated heterocycles. The van der Waals surface area contributed by atoms with Crippen LogP contribution in [0.15, 0.2) is 61.1 Å². The second-order valence-electron chi connectivity index (χ2n) is 5.69. The Labute approximate surface area is 146 Å². The summed E-state index contributed by atoms with van der Waals surface area (Å²) in [5.74, 6) is 0.248. The zero-order valence-electron chi connectivity index (χ0n) is 14.2. The molecule has 3 aromatic rings. The maximum Gasteiger partial charge on any atom is 0.255 e. The quantitative estimate of drug-likeness (QED) is 0.751. The van der Waals surface area contributed by atoms with E-state index in [2.05, 4.69) is 15.4 Å². The van der Waals surface area contributed by atoms with E-state index in [-0.39, 0.29) is 11.9 Å². The minimum Gasteiger partial charge on any atom is -0.494 e. The monoisotopic (exact) mass is 336 g/mol. The summed E-state index contributed by atoms with van der Waals surface area (Å²) in [6, 6.07) is 13.2. The fourth-order valence-corrected chi connectivity index (χ4v) is 2.64. The van der Waals surface area contributed by atoms with Crippen molar-refractivity contribution in [1.82, 2.24) is 20.1 Å². The topological polar surface area (TPSA) is 69.0 Å². The number of hydrogen-bond donors (Lipinski definition) is 1. The second-order valence-corrected chi connectivity index (χ2v) is 5.69. The van der Waals surface area contributed by atoms with Crippen molar-refractivity contribution < 1.29 is 9.53 Å². The van der Waals surface area contributed by atoms with Gasteiger partial charge in [0, 0.05) is 18.1 Å². The predicted octanol–water partition coefficient (Wildman–Crippen LogP) is 2.77. The fourth-order valence-electron chi connectivity index (χ4n) is 2.64. The van der Waals surface area contributed by atoms with Crippen LogP contribution >= 0.6 is 0 Å². The highest BCUT2D eigenvalue weighted by Crippen LogP contribution is 2.20. The SMILES string of the molecule is COc1cnc(C)cc1C(=O)NC(Cn1cccn1)c1ccccc1. The summed E-state index contributed by atoms with van der Waals surface area (Å²) in [6.07, 6.45) is 5.16. The van der Waals surface area contributed by atoms with Gasteiger partial charge in [-0.1, -0.05) is 30.3 Å². The van der Waals surface area contributed by atoms with E-state index in [1.54, 1.807) is 23.1 Å². The molecule has 6 heteroatoms. The molecule has 1 unspecified atom stereocenters. The highest BCUT2D eigenvalue weighted by Gasteiger charge is 2.19. The molecule has 25 heavy (non-hydrogen) atoms. The van der Waals surface area contributed by atoms with Crippen LogP contribution in [-0.2, 0) is 6.54 Å². The molecule has 0 saturated carbocycles. The van der Waals surface area contributed by atoms with Gasteiger partial charge >= 0.3 is 0 Å². The predicted molar refractivity (Wildman–Crippen MR) is 94.4 cm³/mol. The Morgan fingerprint density at radius 2 is 2.08 bits per heavy atom. The summed E-state index contributed by atoms with van der Waals surface area (Å²) in [5, 5.41) is 7.32. The van der Waals surface area contributed by atoms with Crippen molar-refractivity contribution in [2.45, 2.75) is 19.5 Å². The Kier molecular flexibility index (Phi) is 5.09. The number of aromatic nitrogens is 3. The van der Waals surface area contributed by atoms with Gasteiger partial charge in [0.25, 0.3) is 5.91 Å². The van der Waals surface area contributed by atoms with E-state index in [1.807, 2.05) is 49.5 Å². The number of amides is 1. The van der Waals surface area contributed by atoms with E-state index in [0.29, 0.717) is 17.9 Å². The van der Waals surface area contributed by atoms with Crippen LogP contribution in [0.4, 0.5) is 0 Å². The first kappa shape index (κ1) is 16.7. The lowest BCUT2D eigenvalue weighted by Crippen LogP contribution is -2.32. The van der Waals surface area contributed by atoms with Crippen LogP contribution in [0, 0.1) is 6.92 Å². The van der Waals surface area contributed by atoms with Crippen LogP contribution in [0.1, 0.15) is 27.7 Å². The third kappa shape index (κ3) is 4.03. The molecule has 0 aliphatic carbocycles. The first-order valence-electron chi connectivity index (χ1n) is 8.01. The number of pyridine rings is 1. The Balaban J connectivity index is 1.87. The van der Waals surface area contributed by atoms with Crippen molar-refractivity contribution in [2.75, 3.05) is 7.11 Å². The number of rotatable bonds is 6. The average Bonchev–Trinajstić information content (AvgIpc) is 3.15. The molecule has 0 fully saturated rings. The van der Waals surface area contributed by atoms with Crippen molar-refractivity contribution in [3.8, 4) is 5.75 Å². The molecule has 1 atom stereocenters. The third-order valence-corrected chi connectivity index (χ3v) is 3.90. The molecule has 3 rings (SSSR count). The van der Waals surface area contributed by atoms with Crippen molar-refractivity contribution in [2.24, 2.45) is 0 Å². The van der Waals surface area contributed by atoms with Crippen molar-refractivity contribution in [1.29, 1.82) is 0 Å². The van der Waals surface area contributed by atoms with Gasteiger partial charge in [-0.15, -0.1) is 0 Å². The van der Waals surface area contributed by atoms with Gasteiger partial charge in [0.15, 0.2) is 0 Å². The lowest BCUT2D eigenvalue weighted by molar-refractivity contribution is 0.0928.